The Bertz CT molecular complexity index is 2410. The van der Waals surface area contributed by atoms with Crippen LogP contribution in [0.25, 0.3) is 23.2 Å². The maximum atomic E-state index is 13.7. The average molecular weight is 912 g/mol. The molecule has 3 N–H and O–H groups in total. The predicted molar refractivity (Wildman–Crippen MR) is 251 cm³/mol. The number of ether oxygens (including phenoxy) is 4. The first-order chi connectivity index (χ1) is 31.6. The summed E-state index contributed by atoms with van der Waals surface area (Å²) in [5, 5.41) is 10.9. The van der Waals surface area contributed by atoms with Crippen LogP contribution in [0.5, 0.6) is 5.88 Å². The normalized spacial score (nSPS) is 17.4. The number of nitrogens with zero attached hydrogens (tertiary/aromatic N) is 5. The number of amides is 3. The third-order valence-electron chi connectivity index (χ3n) is 12.2. The van der Waals surface area contributed by atoms with Crippen molar-refractivity contribution in [2.75, 3.05) is 72.3 Å². The highest BCUT2D eigenvalue weighted by molar-refractivity contribution is 7.07. The van der Waals surface area contributed by atoms with E-state index < -0.39 is 6.04 Å². The van der Waals surface area contributed by atoms with Gasteiger partial charge in [0.05, 0.1) is 43.5 Å². The van der Waals surface area contributed by atoms with E-state index in [4.69, 9.17) is 29.2 Å². The molecule has 3 fully saturated rings. The Balaban J connectivity index is 0.774. The number of thiophene rings is 1. The van der Waals surface area contributed by atoms with Crippen molar-refractivity contribution in [1.29, 1.82) is 0 Å². The Labute approximate surface area is 385 Å². The molecule has 65 heavy (non-hydrogen) atoms. The lowest BCUT2D eigenvalue weighted by Gasteiger charge is -2.36. The van der Waals surface area contributed by atoms with Crippen molar-refractivity contribution in [3.63, 3.8) is 0 Å². The first-order valence-corrected chi connectivity index (χ1v) is 23.9. The summed E-state index contributed by atoms with van der Waals surface area (Å²) in [7, 11) is 0. The van der Waals surface area contributed by atoms with E-state index in [0.29, 0.717) is 89.4 Å². The van der Waals surface area contributed by atoms with Crippen LogP contribution in [0.1, 0.15) is 80.6 Å². The highest BCUT2D eigenvalue weighted by atomic mass is 32.1. The summed E-state index contributed by atoms with van der Waals surface area (Å²) in [6, 6.07) is 11.0. The molecule has 7 rings (SSSR count). The number of carbonyl (C=O) groups excluding carboxylic acids is 3. The van der Waals surface area contributed by atoms with E-state index in [1.807, 2.05) is 54.8 Å². The Morgan fingerprint density at radius 1 is 0.954 bits per heavy atom. The van der Waals surface area contributed by atoms with Gasteiger partial charge in [0.25, 0.3) is 17.7 Å². The van der Waals surface area contributed by atoms with E-state index in [-0.39, 0.29) is 23.8 Å². The van der Waals surface area contributed by atoms with Crippen molar-refractivity contribution in [2.24, 2.45) is 5.73 Å². The topological polar surface area (TPSA) is 167 Å². The van der Waals surface area contributed by atoms with Crippen molar-refractivity contribution < 1.29 is 37.9 Å². The number of fused-ring (bicyclic) bond motifs is 1. The van der Waals surface area contributed by atoms with Crippen LogP contribution in [-0.2, 0) is 36.9 Å². The van der Waals surface area contributed by atoms with Gasteiger partial charge in [-0.1, -0.05) is 19.1 Å². The molecule has 350 valence electrons. The van der Waals surface area contributed by atoms with Gasteiger partial charge in [-0.05, 0) is 117 Å². The number of carbonyl (C=O) groups is 3. The SMILES string of the molecule is C=c1ccs/c1=C(/C=C\C)OC1CCN(Cc2cc(OCCOCCOCCn3c(C)cc4cc(C(=O)N5CCN(C(=O)C(NC(=O)[C@H](C)N)=C6CCCCC6)CC5)ccc43)no2)CC1. The Morgan fingerprint density at radius 3 is 2.38 bits per heavy atom. The number of benzene rings is 1. The lowest BCUT2D eigenvalue weighted by molar-refractivity contribution is -0.131. The van der Waals surface area contributed by atoms with Crippen molar-refractivity contribution in [3.05, 3.63) is 92.0 Å². The fraction of sp³-hybridized carbons (Fsp3) is 0.510. The molecule has 1 saturated carbocycles. The standard InChI is InChI=1S/C49H65N7O8S/c1-5-9-43(46-34(2)16-29-65-46)63-40-14-17-53(18-15-40)33-41-32-44(52-64-41)62-28-27-61-26-25-60-24-23-56-35(3)30-39-31-38(12-13-42(39)56)48(58)54-19-21-55(22-20-54)49(59)45(51-47(57)36(4)50)37-10-7-6-8-11-37/h5,9,12-13,16,29-32,36,40H,2,6-8,10-11,14-15,17-28,33,50H2,1,3-4H3,(H,51,57)/b9-5-,46-43-/t36-/m0/s1. The molecule has 5 heterocycles. The van der Waals surface area contributed by atoms with Crippen molar-refractivity contribution >= 4 is 52.3 Å². The summed E-state index contributed by atoms with van der Waals surface area (Å²) in [5.74, 6) is 1.49. The fourth-order valence-corrected chi connectivity index (χ4v) is 9.45. The molecule has 3 aliphatic rings. The summed E-state index contributed by atoms with van der Waals surface area (Å²) < 4.78 is 32.7. The van der Waals surface area contributed by atoms with E-state index in [1.54, 1.807) is 28.1 Å². The van der Waals surface area contributed by atoms with E-state index in [1.165, 1.54) is 0 Å². The van der Waals surface area contributed by atoms with Gasteiger partial charge < -0.3 is 48.9 Å². The highest BCUT2D eigenvalue weighted by Crippen LogP contribution is 2.27. The number of allylic oxidation sites excluding steroid dienone is 2. The van der Waals surface area contributed by atoms with Crippen LogP contribution in [-0.4, -0.2) is 127 Å². The number of hydrogen-bond donors (Lipinski definition) is 2. The zero-order chi connectivity index (χ0) is 45.7. The molecule has 1 aliphatic carbocycles. The second kappa shape index (κ2) is 23.3. The maximum Gasteiger partial charge on any atom is 0.270 e. The van der Waals surface area contributed by atoms with Crippen LogP contribution in [0.2, 0.25) is 0 Å². The quantitative estimate of drug-likeness (QED) is 0.0976. The Morgan fingerprint density at radius 2 is 1.68 bits per heavy atom. The fourth-order valence-electron chi connectivity index (χ4n) is 8.63. The van der Waals surface area contributed by atoms with Crippen molar-refractivity contribution in [3.8, 4) is 5.88 Å². The van der Waals surface area contributed by atoms with E-state index >= 15 is 0 Å². The number of piperazine rings is 1. The number of nitrogens with two attached hydrogens (primary N) is 1. The van der Waals surface area contributed by atoms with Gasteiger partial charge in [0.2, 0.25) is 5.91 Å². The monoisotopic (exact) mass is 911 g/mol. The van der Waals surface area contributed by atoms with Gasteiger partial charge in [-0.2, -0.15) is 0 Å². The number of piperidine rings is 1. The number of rotatable bonds is 19. The summed E-state index contributed by atoms with van der Waals surface area (Å²) in [6.45, 7) is 16.7. The van der Waals surface area contributed by atoms with E-state index in [0.717, 1.165) is 101 Å². The minimum atomic E-state index is -0.719. The third-order valence-corrected chi connectivity index (χ3v) is 13.2. The number of aromatic nitrogens is 2. The van der Waals surface area contributed by atoms with Gasteiger partial charge in [-0.25, -0.2) is 0 Å². The minimum absolute atomic E-state index is 0.0645. The van der Waals surface area contributed by atoms with Crippen LogP contribution in [0.4, 0.5) is 0 Å². The molecule has 4 aromatic rings. The molecule has 3 aromatic heterocycles. The van der Waals surface area contributed by atoms with Crippen LogP contribution in [0.3, 0.4) is 0 Å². The average Bonchev–Trinajstić information content (AvgIpc) is 4.05. The molecule has 1 aromatic carbocycles. The minimum Gasteiger partial charge on any atom is -0.489 e. The zero-order valence-corrected chi connectivity index (χ0v) is 39.0. The second-order valence-electron chi connectivity index (χ2n) is 17.0. The molecule has 0 unspecified atom stereocenters. The number of nitrogens with one attached hydrogen (secondary N) is 1. The number of hydrogen-bond acceptors (Lipinski definition) is 12. The highest BCUT2D eigenvalue weighted by Gasteiger charge is 2.30. The van der Waals surface area contributed by atoms with Crippen molar-refractivity contribution in [2.45, 2.75) is 91.0 Å². The third kappa shape index (κ3) is 12.8. The van der Waals surface area contributed by atoms with Crippen molar-refractivity contribution in [1.82, 2.24) is 29.7 Å². The largest absolute Gasteiger partial charge is 0.489 e. The number of aryl methyl sites for hydroxylation is 1. The van der Waals surface area contributed by atoms with Gasteiger partial charge >= 0.3 is 0 Å². The van der Waals surface area contributed by atoms with Crippen LogP contribution < -0.4 is 25.5 Å². The summed E-state index contributed by atoms with van der Waals surface area (Å²) in [4.78, 5) is 45.7. The van der Waals surface area contributed by atoms with Gasteiger partial charge in [-0.3, -0.25) is 19.3 Å². The summed E-state index contributed by atoms with van der Waals surface area (Å²) in [6.07, 6.45) is 10.8. The van der Waals surface area contributed by atoms with E-state index in [2.05, 4.69) is 39.5 Å². The molecule has 15 nitrogen and oxygen atoms in total. The molecular formula is C49H65N7O8S. The van der Waals surface area contributed by atoms with Gasteiger partial charge in [0, 0.05) is 74.0 Å². The van der Waals surface area contributed by atoms with Gasteiger partial charge in [0.1, 0.15) is 24.2 Å². The Kier molecular flexibility index (Phi) is 17.1. The van der Waals surface area contributed by atoms with Gasteiger partial charge in [0.15, 0.2) is 5.76 Å². The molecule has 16 heteroatoms. The summed E-state index contributed by atoms with van der Waals surface area (Å²) >= 11 is 1.66. The molecule has 2 saturated heterocycles. The molecule has 1 atom stereocenters. The molecule has 3 amide bonds. The summed E-state index contributed by atoms with van der Waals surface area (Å²) in [5.41, 5.74) is 9.90. The second-order valence-corrected chi connectivity index (χ2v) is 18.0. The maximum absolute atomic E-state index is 13.7. The smallest absolute Gasteiger partial charge is 0.270 e. The van der Waals surface area contributed by atoms with Gasteiger partial charge in [-0.15, -0.1) is 11.3 Å². The lowest BCUT2D eigenvalue weighted by atomic mass is 9.92. The molecule has 0 bridgehead atoms. The molecule has 2 aliphatic heterocycles. The van der Waals surface area contributed by atoms with Crippen LogP contribution >= 0.6 is 11.3 Å². The van der Waals surface area contributed by atoms with Crippen LogP contribution in [0, 0.1) is 6.92 Å². The van der Waals surface area contributed by atoms with E-state index in [9.17, 15) is 14.4 Å². The first kappa shape index (κ1) is 47.7. The number of likely N-dealkylation sites (tertiary alicyclic amines) is 1. The zero-order valence-electron chi connectivity index (χ0n) is 38.2. The first-order valence-electron chi connectivity index (χ1n) is 23.1. The molecule has 0 radical (unpaired) electrons. The van der Waals surface area contributed by atoms with Crippen LogP contribution in [0.15, 0.2) is 69.7 Å². The molecular weight excluding hydrogens is 847 g/mol. The predicted octanol–water partition coefficient (Wildman–Crippen LogP) is 4.85. The lowest BCUT2D eigenvalue weighted by Crippen LogP contribution is -2.52. The Hall–Kier alpha value is -5.26. The molecule has 0 spiro atoms.